The average Bonchev–Trinajstić information content (AvgIpc) is 3.35. The molecular weight excluding hydrogens is 439 g/mol. The molecular formula is C27H33FO6. The zero-order valence-electron chi connectivity index (χ0n) is 20.1. The van der Waals surface area contributed by atoms with Crippen LogP contribution in [0.15, 0.2) is 24.3 Å². The number of rotatable bonds is 8. The minimum absolute atomic E-state index is 0.178. The molecule has 4 rings (SSSR count). The van der Waals surface area contributed by atoms with Crippen molar-refractivity contribution in [2.24, 2.45) is 0 Å². The normalized spacial score (nSPS) is 18.1. The van der Waals surface area contributed by atoms with Crippen LogP contribution in [0.3, 0.4) is 0 Å². The van der Waals surface area contributed by atoms with Gasteiger partial charge in [0.15, 0.2) is 11.6 Å². The molecule has 1 heterocycles. The summed E-state index contributed by atoms with van der Waals surface area (Å²) in [5, 5.41) is 9.88. The van der Waals surface area contributed by atoms with Crippen LogP contribution in [0.1, 0.15) is 55.2 Å². The van der Waals surface area contributed by atoms with Gasteiger partial charge in [0.25, 0.3) is 0 Å². The van der Waals surface area contributed by atoms with E-state index in [9.17, 15) is 9.90 Å². The van der Waals surface area contributed by atoms with Crippen LogP contribution in [-0.2, 0) is 20.9 Å². The Bertz CT molecular complexity index is 1040. The molecule has 0 spiro atoms. The summed E-state index contributed by atoms with van der Waals surface area (Å²) in [5.74, 6) is -0.777. The number of halogens is 1. The second-order valence-corrected chi connectivity index (χ2v) is 9.26. The van der Waals surface area contributed by atoms with Crippen LogP contribution < -0.4 is 9.47 Å². The topological polar surface area (TPSA) is 74.2 Å². The fourth-order valence-electron chi connectivity index (χ4n) is 4.86. The fraction of sp³-hybridized carbons (Fsp3) is 0.519. The van der Waals surface area contributed by atoms with Crippen molar-refractivity contribution in [2.45, 2.75) is 70.7 Å². The van der Waals surface area contributed by atoms with E-state index in [0.717, 1.165) is 42.4 Å². The Morgan fingerprint density at radius 3 is 2.50 bits per heavy atom. The summed E-state index contributed by atoms with van der Waals surface area (Å²) in [6.07, 6.45) is 5.03. The SMILES string of the molecule is COc1c(C)c(C)cc(-c2ccc(OC3(C(=O)O)CCOCC3)cc2COC2CCCC2)c1F. The van der Waals surface area contributed by atoms with Crippen LogP contribution in [-0.4, -0.2) is 43.1 Å². The van der Waals surface area contributed by atoms with Gasteiger partial charge in [0, 0.05) is 18.4 Å². The molecule has 1 N–H and O–H groups in total. The Kier molecular flexibility index (Phi) is 7.43. The largest absolute Gasteiger partial charge is 0.493 e. The van der Waals surface area contributed by atoms with E-state index in [1.54, 1.807) is 18.2 Å². The first-order valence-electron chi connectivity index (χ1n) is 11.9. The Morgan fingerprint density at radius 2 is 1.85 bits per heavy atom. The van der Waals surface area contributed by atoms with Crippen LogP contribution in [0, 0.1) is 19.7 Å². The first-order valence-corrected chi connectivity index (χ1v) is 11.9. The van der Waals surface area contributed by atoms with Gasteiger partial charge in [0.05, 0.1) is 33.0 Å². The van der Waals surface area contributed by atoms with Gasteiger partial charge < -0.3 is 24.1 Å². The lowest BCUT2D eigenvalue weighted by atomic mass is 9.93. The number of methoxy groups -OCH3 is 1. The van der Waals surface area contributed by atoms with Crippen molar-refractivity contribution in [3.63, 3.8) is 0 Å². The molecule has 0 amide bonds. The monoisotopic (exact) mass is 472 g/mol. The lowest BCUT2D eigenvalue weighted by Crippen LogP contribution is -2.49. The summed E-state index contributed by atoms with van der Waals surface area (Å²) in [4.78, 5) is 12.1. The second kappa shape index (κ2) is 10.3. The van der Waals surface area contributed by atoms with E-state index in [-0.39, 0.29) is 31.3 Å². The maximum absolute atomic E-state index is 15.5. The van der Waals surface area contributed by atoms with Gasteiger partial charge in [-0.05, 0) is 67.1 Å². The molecule has 0 aromatic heterocycles. The molecule has 0 atom stereocenters. The fourth-order valence-corrected chi connectivity index (χ4v) is 4.86. The zero-order valence-corrected chi connectivity index (χ0v) is 20.1. The summed E-state index contributed by atoms with van der Waals surface area (Å²) < 4.78 is 38.4. The maximum Gasteiger partial charge on any atom is 0.348 e. The van der Waals surface area contributed by atoms with Gasteiger partial charge >= 0.3 is 5.97 Å². The van der Waals surface area contributed by atoms with Crippen LogP contribution >= 0.6 is 0 Å². The third-order valence-corrected chi connectivity index (χ3v) is 7.08. The van der Waals surface area contributed by atoms with Crippen molar-refractivity contribution in [1.29, 1.82) is 0 Å². The minimum Gasteiger partial charge on any atom is -0.493 e. The van der Waals surface area contributed by atoms with Gasteiger partial charge in [0.2, 0.25) is 5.60 Å². The highest BCUT2D eigenvalue weighted by molar-refractivity contribution is 5.78. The standard InChI is InChI=1S/C27H33FO6/c1-17-14-23(24(28)25(31-3)18(17)2)22-9-8-21(15-19(22)16-33-20-6-4-5-7-20)34-27(26(29)30)10-12-32-13-11-27/h8-9,14-15,20H,4-7,10-13,16H2,1-3H3,(H,29,30). The Labute approximate surface area is 200 Å². The van der Waals surface area contributed by atoms with E-state index >= 15 is 4.39 Å². The second-order valence-electron chi connectivity index (χ2n) is 9.26. The molecule has 184 valence electrons. The molecule has 0 bridgehead atoms. The van der Waals surface area contributed by atoms with Crippen molar-refractivity contribution in [2.75, 3.05) is 20.3 Å². The molecule has 2 aromatic rings. The number of hydrogen-bond acceptors (Lipinski definition) is 5. The summed E-state index contributed by atoms with van der Waals surface area (Å²) in [6.45, 7) is 4.70. The molecule has 1 aliphatic carbocycles. The van der Waals surface area contributed by atoms with Crippen molar-refractivity contribution in [3.8, 4) is 22.6 Å². The molecule has 1 aliphatic heterocycles. The number of carbonyl (C=O) groups is 1. The first kappa shape index (κ1) is 24.5. The highest BCUT2D eigenvalue weighted by Crippen LogP contribution is 2.38. The molecule has 34 heavy (non-hydrogen) atoms. The number of carboxylic acids is 1. The highest BCUT2D eigenvalue weighted by Gasteiger charge is 2.43. The van der Waals surface area contributed by atoms with Gasteiger partial charge in [-0.1, -0.05) is 18.9 Å². The lowest BCUT2D eigenvalue weighted by Gasteiger charge is -2.33. The highest BCUT2D eigenvalue weighted by atomic mass is 19.1. The number of aryl methyl sites for hydroxylation is 1. The van der Waals surface area contributed by atoms with Gasteiger partial charge in [0.1, 0.15) is 5.75 Å². The Hall–Kier alpha value is -2.64. The third-order valence-electron chi connectivity index (χ3n) is 7.08. The predicted molar refractivity (Wildman–Crippen MR) is 126 cm³/mol. The third kappa shape index (κ3) is 4.91. The van der Waals surface area contributed by atoms with E-state index < -0.39 is 17.4 Å². The van der Waals surface area contributed by atoms with Crippen molar-refractivity contribution in [3.05, 3.63) is 46.8 Å². The van der Waals surface area contributed by atoms with Gasteiger partial charge in [-0.2, -0.15) is 0 Å². The molecule has 2 aliphatic rings. The predicted octanol–water partition coefficient (Wildman–Crippen LogP) is 5.59. The molecule has 0 radical (unpaired) electrons. The van der Waals surface area contributed by atoms with E-state index in [2.05, 4.69) is 0 Å². The van der Waals surface area contributed by atoms with E-state index in [1.165, 1.54) is 7.11 Å². The zero-order chi connectivity index (χ0) is 24.3. The Morgan fingerprint density at radius 1 is 1.15 bits per heavy atom. The van der Waals surface area contributed by atoms with Gasteiger partial charge in [-0.25, -0.2) is 9.18 Å². The van der Waals surface area contributed by atoms with Gasteiger partial charge in [-0.3, -0.25) is 0 Å². The molecule has 1 saturated carbocycles. The van der Waals surface area contributed by atoms with Crippen molar-refractivity contribution >= 4 is 5.97 Å². The van der Waals surface area contributed by atoms with Crippen LogP contribution in [0.4, 0.5) is 4.39 Å². The van der Waals surface area contributed by atoms with Gasteiger partial charge in [-0.15, -0.1) is 0 Å². The molecule has 2 aromatic carbocycles. The molecule has 7 heteroatoms. The van der Waals surface area contributed by atoms with E-state index in [4.69, 9.17) is 18.9 Å². The number of benzene rings is 2. The molecule has 0 unspecified atom stereocenters. The minimum atomic E-state index is -1.34. The van der Waals surface area contributed by atoms with Crippen LogP contribution in [0.5, 0.6) is 11.5 Å². The maximum atomic E-state index is 15.5. The average molecular weight is 473 g/mol. The van der Waals surface area contributed by atoms with E-state index in [0.29, 0.717) is 30.1 Å². The number of carboxylic acid groups (broad SMARTS) is 1. The summed E-state index contributed by atoms with van der Waals surface area (Å²) in [7, 11) is 1.47. The van der Waals surface area contributed by atoms with Crippen LogP contribution in [0.2, 0.25) is 0 Å². The molecule has 2 fully saturated rings. The van der Waals surface area contributed by atoms with Crippen LogP contribution in [0.25, 0.3) is 11.1 Å². The van der Waals surface area contributed by atoms with Crippen molar-refractivity contribution in [1.82, 2.24) is 0 Å². The summed E-state index contributed by atoms with van der Waals surface area (Å²) in [6, 6.07) is 7.09. The van der Waals surface area contributed by atoms with E-state index in [1.807, 2.05) is 19.9 Å². The lowest BCUT2D eigenvalue weighted by molar-refractivity contribution is -0.163. The molecule has 6 nitrogen and oxygen atoms in total. The molecule has 1 saturated heterocycles. The number of aliphatic carboxylic acids is 1. The smallest absolute Gasteiger partial charge is 0.348 e. The Balaban J connectivity index is 1.73. The summed E-state index contributed by atoms with van der Waals surface area (Å²) >= 11 is 0. The summed E-state index contributed by atoms with van der Waals surface area (Å²) in [5.41, 5.74) is 2.20. The van der Waals surface area contributed by atoms with Crippen molar-refractivity contribution < 1.29 is 33.2 Å². The quantitative estimate of drug-likeness (QED) is 0.540. The number of hydrogen-bond donors (Lipinski definition) is 1. The first-order chi connectivity index (χ1) is 16.3. The number of ether oxygens (including phenoxy) is 4.